The molecule has 64 valence electrons. The van der Waals surface area contributed by atoms with Crippen LogP contribution < -0.4 is 0 Å². The maximum absolute atomic E-state index is 8.45. The van der Waals surface area contributed by atoms with Crippen LogP contribution in [0.25, 0.3) is 0 Å². The van der Waals surface area contributed by atoms with Gasteiger partial charge in [0, 0.05) is 6.61 Å². The minimum atomic E-state index is 0.394. The van der Waals surface area contributed by atoms with Crippen molar-refractivity contribution in [2.45, 2.75) is 38.7 Å². The Kier molecular flexibility index (Phi) is 3.36. The van der Waals surface area contributed by atoms with Gasteiger partial charge in [-0.25, -0.2) is 0 Å². The second-order valence-electron chi connectivity index (χ2n) is 2.82. The lowest BCUT2D eigenvalue weighted by Gasteiger charge is -2.21. The van der Waals surface area contributed by atoms with Crippen molar-refractivity contribution in [1.82, 2.24) is 0 Å². The first-order valence-corrected chi connectivity index (χ1v) is 4.18. The minimum Gasteiger partial charge on any atom is -0.411 e. The van der Waals surface area contributed by atoms with Crippen molar-refractivity contribution in [3.05, 3.63) is 0 Å². The molecule has 0 aromatic heterocycles. The summed E-state index contributed by atoms with van der Waals surface area (Å²) in [6, 6.07) is 0. The van der Waals surface area contributed by atoms with Gasteiger partial charge in [-0.1, -0.05) is 5.16 Å². The molecule has 0 atom stereocenters. The van der Waals surface area contributed by atoms with E-state index in [2.05, 4.69) is 5.16 Å². The molecule has 0 unspecified atom stereocenters. The Morgan fingerprint density at radius 1 is 1.55 bits per heavy atom. The molecule has 3 nitrogen and oxygen atoms in total. The molecular formula is C8H15NO2. The highest BCUT2D eigenvalue weighted by Crippen LogP contribution is 2.18. The van der Waals surface area contributed by atoms with Crippen molar-refractivity contribution in [1.29, 1.82) is 0 Å². The van der Waals surface area contributed by atoms with Crippen LogP contribution >= 0.6 is 0 Å². The summed E-state index contributed by atoms with van der Waals surface area (Å²) < 4.78 is 5.44. The van der Waals surface area contributed by atoms with Crippen LogP contribution in [-0.4, -0.2) is 23.6 Å². The van der Waals surface area contributed by atoms with Crippen molar-refractivity contribution >= 4 is 5.71 Å². The normalized spacial score (nSPS) is 25.2. The molecule has 0 heterocycles. The SMILES string of the molecule is CCOC1CCC(=NO)CC1. The number of hydrogen-bond acceptors (Lipinski definition) is 3. The molecule has 1 aliphatic rings. The molecule has 11 heavy (non-hydrogen) atoms. The highest BCUT2D eigenvalue weighted by molar-refractivity contribution is 5.84. The van der Waals surface area contributed by atoms with Crippen LogP contribution in [0.2, 0.25) is 0 Å². The summed E-state index contributed by atoms with van der Waals surface area (Å²) in [5, 5.41) is 11.7. The Morgan fingerprint density at radius 3 is 2.64 bits per heavy atom. The zero-order valence-corrected chi connectivity index (χ0v) is 6.92. The van der Waals surface area contributed by atoms with Gasteiger partial charge in [0.25, 0.3) is 0 Å². The topological polar surface area (TPSA) is 41.8 Å². The van der Waals surface area contributed by atoms with Crippen LogP contribution in [0.3, 0.4) is 0 Å². The molecule has 1 aliphatic carbocycles. The largest absolute Gasteiger partial charge is 0.411 e. The van der Waals surface area contributed by atoms with Crippen molar-refractivity contribution in [3.63, 3.8) is 0 Å². The Hall–Kier alpha value is -0.570. The Labute approximate surface area is 67.0 Å². The molecule has 0 radical (unpaired) electrons. The average Bonchev–Trinajstić information content (AvgIpc) is 2.07. The third-order valence-electron chi connectivity index (χ3n) is 2.05. The zero-order chi connectivity index (χ0) is 8.10. The van der Waals surface area contributed by atoms with Crippen molar-refractivity contribution in [2.24, 2.45) is 5.16 Å². The van der Waals surface area contributed by atoms with Gasteiger partial charge in [-0.15, -0.1) is 0 Å². The van der Waals surface area contributed by atoms with Crippen molar-refractivity contribution in [3.8, 4) is 0 Å². The lowest BCUT2D eigenvalue weighted by atomic mass is 9.96. The van der Waals surface area contributed by atoms with Crippen LogP contribution in [-0.2, 0) is 4.74 Å². The number of rotatable bonds is 2. The van der Waals surface area contributed by atoms with E-state index in [1.807, 2.05) is 6.92 Å². The van der Waals surface area contributed by atoms with Crippen LogP contribution in [0.4, 0.5) is 0 Å². The summed E-state index contributed by atoms with van der Waals surface area (Å²) in [6.45, 7) is 2.80. The Balaban J connectivity index is 2.24. The summed E-state index contributed by atoms with van der Waals surface area (Å²) in [5.41, 5.74) is 0.918. The van der Waals surface area contributed by atoms with Gasteiger partial charge >= 0.3 is 0 Å². The molecule has 0 aliphatic heterocycles. The van der Waals surface area contributed by atoms with Crippen molar-refractivity contribution in [2.75, 3.05) is 6.61 Å². The van der Waals surface area contributed by atoms with Gasteiger partial charge in [-0.2, -0.15) is 0 Å². The smallest absolute Gasteiger partial charge is 0.0582 e. The Bertz CT molecular complexity index is 135. The molecule has 0 saturated heterocycles. The molecule has 1 fully saturated rings. The summed E-state index contributed by atoms with van der Waals surface area (Å²) in [5.74, 6) is 0. The molecule has 1 rings (SSSR count). The predicted molar refractivity (Wildman–Crippen MR) is 43.1 cm³/mol. The quantitative estimate of drug-likeness (QED) is 0.490. The van der Waals surface area contributed by atoms with Crippen LogP contribution in [0, 0.1) is 0 Å². The number of hydrogen-bond donors (Lipinski definition) is 1. The number of ether oxygens (including phenoxy) is 1. The average molecular weight is 157 g/mol. The van der Waals surface area contributed by atoms with E-state index in [1.54, 1.807) is 0 Å². The first-order chi connectivity index (χ1) is 5.36. The van der Waals surface area contributed by atoms with Crippen LogP contribution in [0.5, 0.6) is 0 Å². The van der Waals surface area contributed by atoms with E-state index < -0.39 is 0 Å². The summed E-state index contributed by atoms with van der Waals surface area (Å²) in [6.07, 6.45) is 4.19. The van der Waals surface area contributed by atoms with E-state index in [0.717, 1.165) is 38.0 Å². The minimum absolute atomic E-state index is 0.394. The summed E-state index contributed by atoms with van der Waals surface area (Å²) >= 11 is 0. The standard InChI is InChI=1S/C8H15NO2/c1-2-11-8-5-3-7(9-10)4-6-8/h8,10H,2-6H2,1H3. The maximum Gasteiger partial charge on any atom is 0.0582 e. The first kappa shape index (κ1) is 8.53. The van der Waals surface area contributed by atoms with Crippen LogP contribution in [0.15, 0.2) is 5.16 Å². The number of nitrogens with zero attached hydrogens (tertiary/aromatic N) is 1. The van der Waals surface area contributed by atoms with Gasteiger partial charge in [-0.3, -0.25) is 0 Å². The molecule has 0 amide bonds. The van der Waals surface area contributed by atoms with Crippen LogP contribution in [0.1, 0.15) is 32.6 Å². The molecule has 0 aromatic carbocycles. The lowest BCUT2D eigenvalue weighted by Crippen LogP contribution is -2.21. The highest BCUT2D eigenvalue weighted by Gasteiger charge is 2.17. The molecule has 0 aromatic rings. The van der Waals surface area contributed by atoms with E-state index in [-0.39, 0.29) is 0 Å². The first-order valence-electron chi connectivity index (χ1n) is 4.18. The van der Waals surface area contributed by atoms with Gasteiger partial charge in [0.15, 0.2) is 0 Å². The van der Waals surface area contributed by atoms with Gasteiger partial charge in [0.2, 0.25) is 0 Å². The summed E-state index contributed by atoms with van der Waals surface area (Å²) in [7, 11) is 0. The molecular weight excluding hydrogens is 142 g/mol. The monoisotopic (exact) mass is 157 g/mol. The third kappa shape index (κ3) is 2.50. The maximum atomic E-state index is 8.45. The molecule has 1 N–H and O–H groups in total. The Morgan fingerprint density at radius 2 is 2.18 bits per heavy atom. The zero-order valence-electron chi connectivity index (χ0n) is 6.92. The van der Waals surface area contributed by atoms with E-state index in [0.29, 0.717) is 6.10 Å². The number of oxime groups is 1. The molecule has 0 spiro atoms. The van der Waals surface area contributed by atoms with Gasteiger partial charge < -0.3 is 9.94 Å². The van der Waals surface area contributed by atoms with E-state index in [4.69, 9.17) is 9.94 Å². The van der Waals surface area contributed by atoms with Gasteiger partial charge in [0.1, 0.15) is 0 Å². The highest BCUT2D eigenvalue weighted by atomic mass is 16.5. The lowest BCUT2D eigenvalue weighted by molar-refractivity contribution is 0.0488. The molecule has 3 heteroatoms. The predicted octanol–water partition coefficient (Wildman–Crippen LogP) is 1.80. The molecule has 1 saturated carbocycles. The fraction of sp³-hybridized carbons (Fsp3) is 0.875. The van der Waals surface area contributed by atoms with E-state index in [1.165, 1.54) is 0 Å². The summed E-state index contributed by atoms with van der Waals surface area (Å²) in [4.78, 5) is 0. The van der Waals surface area contributed by atoms with Crippen molar-refractivity contribution < 1.29 is 9.94 Å². The van der Waals surface area contributed by atoms with Gasteiger partial charge in [0.05, 0.1) is 11.8 Å². The second-order valence-corrected chi connectivity index (χ2v) is 2.82. The fourth-order valence-electron chi connectivity index (χ4n) is 1.43. The van der Waals surface area contributed by atoms with E-state index >= 15 is 0 Å². The third-order valence-corrected chi connectivity index (χ3v) is 2.05. The molecule has 0 bridgehead atoms. The van der Waals surface area contributed by atoms with E-state index in [9.17, 15) is 0 Å². The van der Waals surface area contributed by atoms with Gasteiger partial charge in [-0.05, 0) is 32.6 Å². The second kappa shape index (κ2) is 4.34. The fourth-order valence-corrected chi connectivity index (χ4v) is 1.43.